The molecule has 0 spiro atoms. The maximum absolute atomic E-state index is 11.9. The molecule has 1 rings (SSSR count). The smallest absolute Gasteiger partial charge is 0.270 e. The van der Waals surface area contributed by atoms with Crippen LogP contribution in [-0.2, 0) is 0 Å². The van der Waals surface area contributed by atoms with Gasteiger partial charge >= 0.3 is 0 Å². The Kier molecular flexibility index (Phi) is 5.80. The first-order chi connectivity index (χ1) is 8.54. The second-order valence-corrected chi connectivity index (χ2v) is 4.95. The van der Waals surface area contributed by atoms with Crippen molar-refractivity contribution in [2.75, 3.05) is 32.1 Å². The summed E-state index contributed by atoms with van der Waals surface area (Å²) in [6.45, 7) is 1.10. The third-order valence-corrected chi connectivity index (χ3v) is 3.06. The van der Waals surface area contributed by atoms with Crippen LogP contribution in [0.1, 0.15) is 10.4 Å². The van der Waals surface area contributed by atoms with Gasteiger partial charge in [-0.2, -0.15) is 11.8 Å². The first-order valence-electron chi connectivity index (χ1n) is 5.49. The van der Waals surface area contributed by atoms with Gasteiger partial charge in [0.1, 0.15) is 0 Å². The average molecular weight is 268 g/mol. The second kappa shape index (κ2) is 7.13. The number of benzene rings is 1. The number of ketones is 1. The molecule has 0 unspecified atom stereocenters. The van der Waals surface area contributed by atoms with E-state index in [0.29, 0.717) is 5.56 Å². The lowest BCUT2D eigenvalue weighted by atomic mass is 10.1. The van der Waals surface area contributed by atoms with E-state index >= 15 is 0 Å². The molecule has 0 aliphatic rings. The average Bonchev–Trinajstić information content (AvgIpc) is 2.36. The fourth-order valence-corrected chi connectivity index (χ4v) is 1.95. The molecule has 1 aromatic rings. The predicted octanol–water partition coefficient (Wildman–Crippen LogP) is 2.07. The highest BCUT2D eigenvalue weighted by Gasteiger charge is 2.13. The normalized spacial score (nSPS) is 10.6. The summed E-state index contributed by atoms with van der Waals surface area (Å²) in [5.41, 5.74) is 0.341. The fraction of sp³-hybridized carbons (Fsp3) is 0.417. The van der Waals surface area contributed by atoms with Gasteiger partial charge in [0.15, 0.2) is 5.78 Å². The summed E-state index contributed by atoms with van der Waals surface area (Å²) in [5.74, 6) is 0.862. The molecule has 1 aromatic carbocycles. The van der Waals surface area contributed by atoms with E-state index in [1.165, 1.54) is 18.2 Å². The predicted molar refractivity (Wildman–Crippen MR) is 73.3 cm³/mol. The number of carbonyl (C=O) groups excluding carboxylic acids is 1. The van der Waals surface area contributed by atoms with Crippen LogP contribution < -0.4 is 0 Å². The summed E-state index contributed by atoms with van der Waals surface area (Å²) in [5, 5.41) is 10.6. The molecule has 0 N–H and O–H groups in total. The van der Waals surface area contributed by atoms with Crippen molar-refractivity contribution in [3.63, 3.8) is 0 Å². The molecule has 0 aliphatic heterocycles. The van der Waals surface area contributed by atoms with Crippen LogP contribution in [0.2, 0.25) is 0 Å². The Morgan fingerprint density at radius 1 is 1.50 bits per heavy atom. The minimum Gasteiger partial charge on any atom is -0.298 e. The van der Waals surface area contributed by atoms with Gasteiger partial charge in [0, 0.05) is 30.0 Å². The molecule has 0 aliphatic carbocycles. The van der Waals surface area contributed by atoms with Crippen LogP contribution in [0.5, 0.6) is 0 Å². The van der Waals surface area contributed by atoms with E-state index in [0.717, 1.165) is 12.3 Å². The van der Waals surface area contributed by atoms with Crippen molar-refractivity contribution in [3.05, 3.63) is 39.9 Å². The Labute approximate surface area is 110 Å². The number of carbonyl (C=O) groups is 1. The van der Waals surface area contributed by atoms with Gasteiger partial charge in [-0.05, 0) is 13.3 Å². The Bertz CT molecular complexity index is 437. The van der Waals surface area contributed by atoms with Crippen LogP contribution >= 0.6 is 11.8 Å². The van der Waals surface area contributed by atoms with Crippen molar-refractivity contribution in [1.29, 1.82) is 0 Å². The van der Waals surface area contributed by atoms with Crippen molar-refractivity contribution < 1.29 is 9.72 Å². The zero-order valence-electron chi connectivity index (χ0n) is 10.5. The van der Waals surface area contributed by atoms with Gasteiger partial charge in [-0.1, -0.05) is 12.1 Å². The number of rotatable bonds is 7. The quantitative estimate of drug-likeness (QED) is 0.430. The molecule has 0 atom stereocenters. The van der Waals surface area contributed by atoms with Gasteiger partial charge < -0.3 is 0 Å². The molecular weight excluding hydrogens is 252 g/mol. The van der Waals surface area contributed by atoms with Crippen molar-refractivity contribution in [2.24, 2.45) is 0 Å². The highest BCUT2D eigenvalue weighted by Crippen LogP contribution is 2.13. The first-order valence-corrected chi connectivity index (χ1v) is 6.89. The van der Waals surface area contributed by atoms with Crippen LogP contribution in [0.4, 0.5) is 5.69 Å². The maximum Gasteiger partial charge on any atom is 0.270 e. The van der Waals surface area contributed by atoms with E-state index in [2.05, 4.69) is 0 Å². The third kappa shape index (κ3) is 4.46. The van der Waals surface area contributed by atoms with Gasteiger partial charge in [0.25, 0.3) is 5.69 Å². The third-order valence-electron chi connectivity index (χ3n) is 2.47. The minimum absolute atomic E-state index is 0.0485. The summed E-state index contributed by atoms with van der Waals surface area (Å²) in [6, 6.07) is 5.85. The summed E-state index contributed by atoms with van der Waals surface area (Å²) in [4.78, 5) is 24.0. The number of hydrogen-bond acceptors (Lipinski definition) is 5. The first kappa shape index (κ1) is 14.7. The number of nitro benzene ring substituents is 1. The van der Waals surface area contributed by atoms with Crippen molar-refractivity contribution in [2.45, 2.75) is 0 Å². The zero-order chi connectivity index (χ0) is 13.5. The summed E-state index contributed by atoms with van der Waals surface area (Å²) < 4.78 is 0. The van der Waals surface area contributed by atoms with Crippen molar-refractivity contribution in [1.82, 2.24) is 4.90 Å². The summed E-state index contributed by atoms with van der Waals surface area (Å²) in [7, 11) is 1.87. The van der Waals surface area contributed by atoms with Crippen molar-refractivity contribution in [3.8, 4) is 0 Å². The Morgan fingerprint density at radius 2 is 2.22 bits per heavy atom. The van der Waals surface area contributed by atoms with Gasteiger partial charge in [-0.25, -0.2) is 0 Å². The molecule has 6 heteroatoms. The number of nitro groups is 1. The van der Waals surface area contributed by atoms with Crippen LogP contribution in [0.15, 0.2) is 24.3 Å². The van der Waals surface area contributed by atoms with E-state index in [-0.39, 0.29) is 18.0 Å². The van der Waals surface area contributed by atoms with Crippen molar-refractivity contribution >= 4 is 23.2 Å². The maximum atomic E-state index is 11.9. The molecule has 5 nitrogen and oxygen atoms in total. The molecule has 0 fully saturated rings. The molecule has 0 heterocycles. The van der Waals surface area contributed by atoms with E-state index in [4.69, 9.17) is 0 Å². The highest BCUT2D eigenvalue weighted by atomic mass is 32.2. The number of thioether (sulfide) groups is 1. The molecule has 0 bridgehead atoms. The van der Waals surface area contributed by atoms with E-state index in [1.54, 1.807) is 17.8 Å². The zero-order valence-corrected chi connectivity index (χ0v) is 11.3. The topological polar surface area (TPSA) is 63.5 Å². The number of likely N-dealkylation sites (N-methyl/N-ethyl adjacent to an activating group) is 1. The van der Waals surface area contributed by atoms with Crippen LogP contribution in [0.3, 0.4) is 0 Å². The number of non-ortho nitro benzene ring substituents is 1. The van der Waals surface area contributed by atoms with E-state index < -0.39 is 4.92 Å². The second-order valence-electron chi connectivity index (χ2n) is 3.96. The Hall–Kier alpha value is -1.40. The molecule has 0 radical (unpaired) electrons. The lowest BCUT2D eigenvalue weighted by Crippen LogP contribution is -2.28. The van der Waals surface area contributed by atoms with Gasteiger partial charge in [-0.3, -0.25) is 19.8 Å². The SMILES string of the molecule is CSCCN(C)CC(=O)c1cccc([N+](=O)[O-])c1. The fourth-order valence-electron chi connectivity index (χ4n) is 1.46. The number of hydrogen-bond donors (Lipinski definition) is 0. The number of Topliss-reactive ketones (excluding diaryl/α,β-unsaturated/α-hetero) is 1. The van der Waals surface area contributed by atoms with Gasteiger partial charge in [0.05, 0.1) is 11.5 Å². The lowest BCUT2D eigenvalue weighted by molar-refractivity contribution is -0.384. The van der Waals surface area contributed by atoms with Gasteiger partial charge in [-0.15, -0.1) is 0 Å². The molecule has 0 saturated heterocycles. The Morgan fingerprint density at radius 3 is 2.83 bits per heavy atom. The monoisotopic (exact) mass is 268 g/mol. The summed E-state index contributed by atoms with van der Waals surface area (Å²) >= 11 is 1.72. The largest absolute Gasteiger partial charge is 0.298 e. The van der Waals surface area contributed by atoms with E-state index in [1.807, 2.05) is 18.2 Å². The summed E-state index contributed by atoms with van der Waals surface area (Å²) in [6.07, 6.45) is 2.01. The Balaban J connectivity index is 2.66. The molecule has 0 amide bonds. The number of nitrogens with zero attached hydrogens (tertiary/aromatic N) is 2. The van der Waals surface area contributed by atoms with E-state index in [9.17, 15) is 14.9 Å². The standard InChI is InChI=1S/C12H16N2O3S/c1-13(6-7-18-2)9-12(15)10-4-3-5-11(8-10)14(16)17/h3-5,8H,6-7,9H2,1-2H3. The van der Waals surface area contributed by atoms with Gasteiger partial charge in [0.2, 0.25) is 0 Å². The molecule has 0 aromatic heterocycles. The molecule has 0 saturated carbocycles. The van der Waals surface area contributed by atoms with Crippen LogP contribution in [0, 0.1) is 10.1 Å². The molecular formula is C12H16N2O3S. The lowest BCUT2D eigenvalue weighted by Gasteiger charge is -2.14. The minimum atomic E-state index is -0.492. The van der Waals surface area contributed by atoms with Crippen LogP contribution in [-0.4, -0.2) is 47.8 Å². The van der Waals surface area contributed by atoms with Crippen LogP contribution in [0.25, 0.3) is 0 Å². The molecule has 98 valence electrons. The highest BCUT2D eigenvalue weighted by molar-refractivity contribution is 7.98. The molecule has 18 heavy (non-hydrogen) atoms.